The average Bonchev–Trinajstić information content (AvgIpc) is 3.76. The summed E-state index contributed by atoms with van der Waals surface area (Å²) < 4.78 is 60.6. The van der Waals surface area contributed by atoms with Crippen LogP contribution in [0.3, 0.4) is 0 Å². The van der Waals surface area contributed by atoms with Crippen molar-refractivity contribution in [2.45, 2.75) is 48.6 Å². The zero-order chi connectivity index (χ0) is 33.5. The van der Waals surface area contributed by atoms with Crippen molar-refractivity contribution in [1.82, 2.24) is 39.0 Å². The molecular weight excluding hydrogens is 674 g/mol. The Labute approximate surface area is 260 Å². The minimum atomic E-state index is -5.53. The van der Waals surface area contributed by atoms with Gasteiger partial charge < -0.3 is 59.0 Å². The molecule has 25 heteroatoms. The van der Waals surface area contributed by atoms with Gasteiger partial charge in [-0.3, -0.25) is 28.0 Å². The van der Waals surface area contributed by atoms with Gasteiger partial charge in [-0.15, -0.1) is 6.42 Å². The van der Waals surface area contributed by atoms with E-state index in [9.17, 15) is 33.9 Å². The summed E-state index contributed by atoms with van der Waals surface area (Å²) in [7, 11) is -11.0. The Kier molecular flexibility index (Phi) is 7.48. The van der Waals surface area contributed by atoms with E-state index in [0.29, 0.717) is 0 Å². The van der Waals surface area contributed by atoms with Crippen molar-refractivity contribution >= 4 is 49.7 Å². The van der Waals surface area contributed by atoms with E-state index in [1.54, 1.807) is 0 Å². The molecule has 0 saturated carbocycles. The van der Waals surface area contributed by atoms with Crippen molar-refractivity contribution in [3.63, 3.8) is 0 Å². The van der Waals surface area contributed by atoms with Crippen molar-refractivity contribution in [3.05, 3.63) is 29.3 Å². The highest BCUT2D eigenvalue weighted by Crippen LogP contribution is 2.53. The Bertz CT molecular complexity index is 2080. The number of hydrogen-bond donors (Lipinski definition) is 5. The van der Waals surface area contributed by atoms with E-state index in [4.69, 9.17) is 45.5 Å². The standard InChI is InChI=1S/C22H24N10O13P2/c1-2-22-4-41-47(38,39)44-13-11(33)8(42-20(13)32-7-28-10-17(32)29-21(24)30-18(10)35)3-40-46(36,37)45-14(22)12(34)19(43-22)31-6-27-9-15(23)25-5-26-16(9)31/h1,5-8,11-14,19-20,33-34H,3-4H2,(H,36,37)(H,38,39)(H2,23,25,26)(H3,24,29,30,35)/p-2/t8-,11-,12-,13-,14+,19-,20-,22-/m1/s1. The third-order valence-electron chi connectivity index (χ3n) is 7.66. The predicted octanol–water partition coefficient (Wildman–Crippen LogP) is -3.60. The van der Waals surface area contributed by atoms with Crippen LogP contribution in [0.15, 0.2) is 23.8 Å². The smallest absolute Gasteiger partial charge is 0.280 e. The fraction of sp³-hybridized carbons (Fsp3) is 0.455. The number of nitrogens with one attached hydrogen (secondary N) is 1. The Morgan fingerprint density at radius 1 is 1.00 bits per heavy atom. The number of aromatic nitrogens is 8. The zero-order valence-electron chi connectivity index (χ0n) is 23.3. The summed E-state index contributed by atoms with van der Waals surface area (Å²) in [5.74, 6) is 1.77. The van der Waals surface area contributed by atoms with Crippen molar-refractivity contribution in [1.29, 1.82) is 0 Å². The maximum atomic E-state index is 13.3. The first-order valence-corrected chi connectivity index (χ1v) is 16.2. The fourth-order valence-electron chi connectivity index (χ4n) is 5.49. The number of hydrogen-bond acceptors (Lipinski definition) is 20. The third kappa shape index (κ3) is 5.30. The van der Waals surface area contributed by atoms with Crippen molar-refractivity contribution in [2.24, 2.45) is 0 Å². The van der Waals surface area contributed by atoms with E-state index in [-0.39, 0.29) is 34.1 Å². The van der Waals surface area contributed by atoms with Gasteiger partial charge in [0.25, 0.3) is 21.2 Å². The molecule has 3 aliphatic rings. The lowest BCUT2D eigenvalue weighted by molar-refractivity contribution is -0.243. The summed E-state index contributed by atoms with van der Waals surface area (Å²) in [6.45, 7) is -2.13. The molecule has 4 aromatic rings. The quantitative estimate of drug-likeness (QED) is 0.0998. The van der Waals surface area contributed by atoms with E-state index >= 15 is 0 Å². The Balaban J connectivity index is 1.25. The number of nitrogens with two attached hydrogens (primary N) is 2. The number of aliphatic hydroxyl groups is 2. The molecule has 0 radical (unpaired) electrons. The van der Waals surface area contributed by atoms with E-state index in [1.165, 1.54) is 0 Å². The van der Waals surface area contributed by atoms with E-state index in [0.717, 1.165) is 28.1 Å². The number of aliphatic hydroxyl groups excluding tert-OH is 2. The van der Waals surface area contributed by atoms with E-state index in [2.05, 4.69) is 35.8 Å². The number of ether oxygens (including phenoxy) is 2. The summed E-state index contributed by atoms with van der Waals surface area (Å²) in [6, 6.07) is 0. The van der Waals surface area contributed by atoms with Crippen LogP contribution in [-0.2, 0) is 36.7 Å². The number of fused-ring (bicyclic) bond motifs is 5. The Morgan fingerprint density at radius 3 is 2.45 bits per heavy atom. The van der Waals surface area contributed by atoms with Crippen molar-refractivity contribution in [3.8, 4) is 12.3 Å². The highest BCUT2D eigenvalue weighted by molar-refractivity contribution is 7.46. The Hall–Kier alpha value is -3.88. The molecule has 0 aliphatic carbocycles. The van der Waals surface area contributed by atoms with Crippen LogP contribution < -0.4 is 26.8 Å². The van der Waals surface area contributed by atoms with Gasteiger partial charge in [-0.2, -0.15) is 4.98 Å². The van der Waals surface area contributed by atoms with Crippen LogP contribution in [0.2, 0.25) is 0 Å². The van der Waals surface area contributed by atoms with Crippen LogP contribution in [-0.4, -0.2) is 98.6 Å². The molecule has 0 spiro atoms. The molecule has 7 rings (SSSR count). The highest BCUT2D eigenvalue weighted by Gasteiger charge is 2.59. The topological polar surface area (TPSA) is 335 Å². The molecule has 0 amide bonds. The lowest BCUT2D eigenvalue weighted by Gasteiger charge is -2.36. The first-order valence-electron chi connectivity index (χ1n) is 13.3. The molecule has 4 aromatic heterocycles. The van der Waals surface area contributed by atoms with Gasteiger partial charge in [0.2, 0.25) is 5.95 Å². The van der Waals surface area contributed by atoms with Crippen LogP contribution in [0.4, 0.5) is 11.8 Å². The second kappa shape index (κ2) is 11.1. The molecule has 3 aliphatic heterocycles. The highest BCUT2D eigenvalue weighted by atomic mass is 31.2. The van der Waals surface area contributed by atoms with Gasteiger partial charge in [-0.05, 0) is 0 Å². The van der Waals surface area contributed by atoms with Gasteiger partial charge in [-0.1, -0.05) is 5.92 Å². The van der Waals surface area contributed by atoms with Gasteiger partial charge in [-0.25, -0.2) is 19.9 Å². The molecule has 250 valence electrons. The number of nitrogens with zero attached hydrogens (tertiary/aromatic N) is 7. The summed E-state index contributed by atoms with van der Waals surface area (Å²) in [5.41, 5.74) is 8.04. The minimum absolute atomic E-state index is 0.0241. The molecule has 7 N–H and O–H groups in total. The van der Waals surface area contributed by atoms with Crippen molar-refractivity contribution < 1.29 is 56.7 Å². The van der Waals surface area contributed by atoms with Crippen LogP contribution in [0.25, 0.3) is 22.3 Å². The van der Waals surface area contributed by atoms with Crippen molar-refractivity contribution in [2.75, 3.05) is 24.7 Å². The number of H-pyrrole nitrogens is 1. The second-order valence-corrected chi connectivity index (χ2v) is 13.2. The number of anilines is 2. The van der Waals surface area contributed by atoms with E-state index < -0.39 is 83.0 Å². The maximum Gasteiger partial charge on any atom is 0.280 e. The largest absolute Gasteiger partial charge is 0.756 e. The molecule has 3 saturated heterocycles. The van der Waals surface area contributed by atoms with Gasteiger partial charge in [0.1, 0.15) is 42.4 Å². The number of rotatable bonds is 2. The van der Waals surface area contributed by atoms with Crippen LogP contribution in [0.1, 0.15) is 12.5 Å². The molecular formula is C22H22N10O13P2-2. The summed E-state index contributed by atoms with van der Waals surface area (Å²) in [4.78, 5) is 60.8. The fourth-order valence-corrected chi connectivity index (χ4v) is 7.39. The minimum Gasteiger partial charge on any atom is -0.756 e. The maximum absolute atomic E-state index is 13.3. The second-order valence-electron chi connectivity index (χ2n) is 10.5. The number of phosphoric acid groups is 2. The molecule has 7 heterocycles. The molecule has 10 atom stereocenters. The number of nitrogen functional groups attached to an aromatic ring is 2. The molecule has 2 bridgehead atoms. The Morgan fingerprint density at radius 2 is 1.70 bits per heavy atom. The first-order chi connectivity index (χ1) is 22.2. The van der Waals surface area contributed by atoms with Crippen LogP contribution in [0.5, 0.6) is 0 Å². The van der Waals surface area contributed by atoms with Gasteiger partial charge in [0.05, 0.1) is 25.9 Å². The van der Waals surface area contributed by atoms with Crippen LogP contribution in [0, 0.1) is 12.3 Å². The van der Waals surface area contributed by atoms with Crippen LogP contribution >= 0.6 is 15.6 Å². The number of phosphoric ester groups is 2. The van der Waals surface area contributed by atoms with Gasteiger partial charge in [0.15, 0.2) is 40.7 Å². The summed E-state index contributed by atoms with van der Waals surface area (Å²) in [5, 5.41) is 22.3. The van der Waals surface area contributed by atoms with Gasteiger partial charge >= 0.3 is 0 Å². The lowest BCUT2D eigenvalue weighted by atomic mass is 9.97. The first kappa shape index (κ1) is 31.7. The number of imidazole rings is 2. The number of terminal acetylenes is 1. The molecule has 23 nitrogen and oxygen atoms in total. The monoisotopic (exact) mass is 696 g/mol. The SMILES string of the molecule is C#C[C@@]12COP(=O)([O-])O[C@@H]3[C@H](O)[C@@H](COP(=O)([O-])O[C@H]1[C@@H](O)[C@H](n1cnc4c(N)ncnc41)O2)O[C@H]3n1cnc2c(=O)[nH]c(N)nc21. The summed E-state index contributed by atoms with van der Waals surface area (Å²) in [6.07, 6.45) is -3.50. The third-order valence-corrected chi connectivity index (χ3v) is 9.56. The van der Waals surface area contributed by atoms with Gasteiger partial charge in [0, 0.05) is 0 Å². The molecule has 3 fully saturated rings. The number of aromatic amines is 1. The van der Waals surface area contributed by atoms with E-state index in [1.807, 2.05) is 0 Å². The lowest BCUT2D eigenvalue weighted by Crippen LogP contribution is -2.48. The summed E-state index contributed by atoms with van der Waals surface area (Å²) >= 11 is 0. The molecule has 47 heavy (non-hydrogen) atoms. The zero-order valence-corrected chi connectivity index (χ0v) is 25.1. The molecule has 0 aromatic carbocycles. The molecule has 2 unspecified atom stereocenters. The average molecular weight is 696 g/mol. The predicted molar refractivity (Wildman–Crippen MR) is 147 cm³/mol. The normalized spacial score (nSPS) is 38.0.